The number of hydrogen-bond acceptors (Lipinski definition) is 36. The summed E-state index contributed by atoms with van der Waals surface area (Å²) in [7, 11) is 1.57. The molecule has 0 spiro atoms. The first kappa shape index (κ1) is 125. The van der Waals surface area contributed by atoms with Crippen LogP contribution < -0.4 is 21.3 Å². The quantitative estimate of drug-likeness (QED) is 0.0416. The fourth-order valence-corrected chi connectivity index (χ4v) is 18.3. The molecule has 3 aliphatic carbocycles. The number of Topliss-reactive ketones (excluding diaryl/α,β-unsaturated/α-hetero) is 7. The lowest BCUT2D eigenvalue weighted by molar-refractivity contribution is -0.272. The Morgan fingerprint density at radius 1 is 0.383 bits per heavy atom. The highest BCUT2D eigenvalue weighted by Gasteiger charge is 2.47. The van der Waals surface area contributed by atoms with E-state index in [1.54, 1.807) is 27.9 Å². The number of unbranched alkanes of at least 4 members (excludes halogenated alkanes) is 5. The third kappa shape index (κ3) is 49.4. The summed E-state index contributed by atoms with van der Waals surface area (Å²) in [6.45, 7) is 7.94. The van der Waals surface area contributed by atoms with Gasteiger partial charge < -0.3 is 144 Å². The molecule has 17 N–H and O–H groups in total. The number of rotatable bonds is 82. The molecule has 1 saturated heterocycles. The minimum Gasteiger partial charge on any atom is -0.396 e. The van der Waals surface area contributed by atoms with Gasteiger partial charge in [-0.25, -0.2) is 0 Å². The summed E-state index contributed by atoms with van der Waals surface area (Å²) in [6, 6.07) is 3.26. The van der Waals surface area contributed by atoms with Gasteiger partial charge >= 0.3 is 0 Å². The molecule has 3 unspecified atom stereocenters. The number of nitrogens with one attached hydrogen (secondary N) is 4. The maximum Gasteiger partial charge on any atom is 0.220 e. The van der Waals surface area contributed by atoms with Crippen molar-refractivity contribution in [3.8, 4) is 0 Å². The SMILES string of the molecule is COCc1cc(CO)cc(CC(=O)CCCCCCCCC(=O)N[C@@H](CCC(=O)CCC(=O)NC(CCC(=O)CCCOCCOC2C[C@H](CO)[C@H](O)[C@H](O)[C@H]2C)(CCC(=O)CCCOCCOC2C[C@H](CO)[C@H](O)[C@H](O)[C@H]2C)CCC(=O)CCCOCCOC2C[C@H](CO)[C@H](O)[C@H](O)[C@H]2C)C(=O)CCC(=O)NCCCC(=O)CCCOCCOCCOCCO[C@@H]2O[C@H](CO)[C@H](O)[C@H](O)[C@H]2NC(C)=O)c1. The van der Waals surface area contributed by atoms with Crippen molar-refractivity contribution >= 4 is 64.1 Å². The van der Waals surface area contributed by atoms with E-state index in [2.05, 4.69) is 21.3 Å². The Bertz CT molecular complexity index is 3570. The van der Waals surface area contributed by atoms with Gasteiger partial charge in [0.05, 0.1) is 160 Å². The second kappa shape index (κ2) is 72.2. The summed E-state index contributed by atoms with van der Waals surface area (Å²) in [5.74, 6) is -6.55. The predicted octanol–water partition coefficient (Wildman–Crippen LogP) is 2.34. The molecule has 5 rings (SSSR count). The van der Waals surface area contributed by atoms with E-state index in [0.717, 1.165) is 30.4 Å². The van der Waals surface area contributed by atoms with Gasteiger partial charge in [-0.3, -0.25) is 52.7 Å². The summed E-state index contributed by atoms with van der Waals surface area (Å²) >= 11 is 0. The number of benzene rings is 1. The van der Waals surface area contributed by atoms with Crippen LogP contribution in [0.1, 0.15) is 256 Å². The lowest BCUT2D eigenvalue weighted by Gasteiger charge is -2.42. The Balaban J connectivity index is 1.19. The third-order valence-electron chi connectivity index (χ3n) is 27.1. The molecule has 4 aliphatic rings. The molecule has 40 nitrogen and oxygen atoms in total. The van der Waals surface area contributed by atoms with Crippen molar-refractivity contribution < 1.29 is 176 Å². The number of ether oxygens (including phenoxy) is 12. The molecule has 0 bridgehead atoms. The molecule has 141 heavy (non-hydrogen) atoms. The zero-order chi connectivity index (χ0) is 103. The van der Waals surface area contributed by atoms with Crippen molar-refractivity contribution in [2.45, 2.75) is 356 Å². The number of ketones is 7. The van der Waals surface area contributed by atoms with Crippen molar-refractivity contribution in [3.63, 3.8) is 0 Å². The maximum absolute atomic E-state index is 14.6. The van der Waals surface area contributed by atoms with E-state index in [9.17, 15) is 119 Å². The molecular weight excluding hydrogens is 1850 g/mol. The van der Waals surface area contributed by atoms with E-state index in [-0.39, 0.29) is 277 Å². The van der Waals surface area contributed by atoms with Crippen molar-refractivity contribution in [3.05, 3.63) is 34.9 Å². The van der Waals surface area contributed by atoms with E-state index < -0.39 is 181 Å². The molecule has 4 amide bonds. The van der Waals surface area contributed by atoms with Crippen LogP contribution in [-0.4, -0.2) is 373 Å². The van der Waals surface area contributed by atoms with Crippen molar-refractivity contribution in [1.82, 2.24) is 21.3 Å². The van der Waals surface area contributed by atoms with E-state index in [1.165, 1.54) is 6.92 Å². The highest BCUT2D eigenvalue weighted by Crippen LogP contribution is 2.36. The third-order valence-corrected chi connectivity index (χ3v) is 27.1. The Morgan fingerprint density at radius 2 is 0.773 bits per heavy atom. The monoisotopic (exact) mass is 2020 g/mol. The first-order chi connectivity index (χ1) is 67.7. The molecule has 1 aromatic carbocycles. The topological polar surface area (TPSA) is 610 Å². The molecule has 3 saturated carbocycles. The molecule has 40 heteroatoms. The fraction of sp³-hybridized carbons (Fsp3) is 0.832. The standard InChI is InChI=1S/C101H170N4O36/c1-66-84(57-73(61-107)95(125)92(66)122)137-49-45-132-38-14-20-77(113)30-33-101(34-31-78(114)21-15-39-133-46-50-138-85-58-74(62-108)96(126)93(123)67(85)2,35-32-79(115)22-16-40-134-47-51-139-86-59-75(63-109)97(127)94(124)68(86)3)105-90(121)28-25-80(116)24-26-82(104-89(120)23-11-9-7-6-8-10-17-81(117)56-70-53-71(60-106)55-72(54-70)65-130-5)83(118)27-29-88(119)102-36-12-18-76(112)19-13-37-131-41-42-135-43-44-136-48-52-140-100-91(103-69(4)111)99(129)98(128)87(64-110)141-100/h53-55,66-68,73-75,82,84-87,91-100,106-110,122-129H,6-52,56-65H2,1-5H3,(H,102,119)(H,103,111)(H,104,120)(H,105,121)/t66-,67-,68-,73+,74+,75+,82-,84?,85?,86?,87+,91+,92+,93+,94+,95-,96-,97-,98-,99+,100+,101?/m0/s1. The number of carbonyl (C=O) groups is 11. The summed E-state index contributed by atoms with van der Waals surface area (Å²) in [6.07, 6.45) is -7.19. The van der Waals surface area contributed by atoms with Crippen molar-refractivity contribution in [2.75, 3.05) is 146 Å². The Kier molecular flexibility index (Phi) is 64.1. The first-order valence-corrected chi connectivity index (χ1v) is 51.2. The van der Waals surface area contributed by atoms with Gasteiger partial charge in [-0.1, -0.05) is 64.7 Å². The number of hydrogen-bond donors (Lipinski definition) is 17. The van der Waals surface area contributed by atoms with Gasteiger partial charge in [0.15, 0.2) is 12.1 Å². The summed E-state index contributed by atoms with van der Waals surface area (Å²) in [5, 5.41) is 143. The predicted molar refractivity (Wildman–Crippen MR) is 511 cm³/mol. The van der Waals surface area contributed by atoms with Crippen LogP contribution >= 0.6 is 0 Å². The van der Waals surface area contributed by atoms with E-state index in [0.29, 0.717) is 95.8 Å². The van der Waals surface area contributed by atoms with Crippen LogP contribution in [0.5, 0.6) is 0 Å². The zero-order valence-corrected chi connectivity index (χ0v) is 83.9. The van der Waals surface area contributed by atoms with Crippen LogP contribution in [0.15, 0.2) is 18.2 Å². The lowest BCUT2D eigenvalue weighted by atomic mass is 9.77. The summed E-state index contributed by atoms with van der Waals surface area (Å²) in [4.78, 5) is 149. The molecule has 1 heterocycles. The molecule has 21 atom stereocenters. The number of carbonyl (C=O) groups excluding carboxylic acids is 11. The van der Waals surface area contributed by atoms with Gasteiger partial charge in [0.2, 0.25) is 23.6 Å². The Labute approximate surface area is 830 Å². The van der Waals surface area contributed by atoms with Gasteiger partial charge in [0.1, 0.15) is 59.1 Å². The minimum absolute atomic E-state index is 0.00338. The van der Waals surface area contributed by atoms with Crippen LogP contribution in [0.2, 0.25) is 0 Å². The molecular formula is C101H170N4O36. The van der Waals surface area contributed by atoms with Crippen LogP contribution in [0.25, 0.3) is 0 Å². The average molecular weight is 2020 g/mol. The molecule has 4 fully saturated rings. The van der Waals surface area contributed by atoms with Crippen LogP contribution in [0.3, 0.4) is 0 Å². The van der Waals surface area contributed by atoms with Gasteiger partial charge in [-0.2, -0.15) is 0 Å². The zero-order valence-electron chi connectivity index (χ0n) is 83.9. The highest BCUT2D eigenvalue weighted by atomic mass is 16.7. The summed E-state index contributed by atoms with van der Waals surface area (Å²) < 4.78 is 68.5. The Hall–Kier alpha value is -6.21. The van der Waals surface area contributed by atoms with Gasteiger partial charge in [-0.15, -0.1) is 0 Å². The normalized spacial score (nSPS) is 25.3. The van der Waals surface area contributed by atoms with E-state index >= 15 is 0 Å². The van der Waals surface area contributed by atoms with Gasteiger partial charge in [-0.05, 0) is 107 Å². The fourth-order valence-electron chi connectivity index (χ4n) is 18.3. The second-order valence-electron chi connectivity index (χ2n) is 38.4. The average Bonchev–Trinajstić information content (AvgIpc) is 0.821. The molecule has 0 aromatic heterocycles. The first-order valence-electron chi connectivity index (χ1n) is 51.2. The van der Waals surface area contributed by atoms with Crippen LogP contribution in [0.4, 0.5) is 0 Å². The molecule has 810 valence electrons. The molecule has 0 radical (unpaired) electrons. The van der Waals surface area contributed by atoms with E-state index in [4.69, 9.17) is 56.8 Å². The number of aliphatic hydroxyl groups is 13. The second-order valence-corrected chi connectivity index (χ2v) is 38.4. The van der Waals surface area contributed by atoms with E-state index in [1.807, 2.05) is 18.2 Å². The minimum atomic E-state index is -1.44. The molecule has 1 aliphatic heterocycles. The van der Waals surface area contributed by atoms with Crippen molar-refractivity contribution in [2.24, 2.45) is 35.5 Å². The highest BCUT2D eigenvalue weighted by molar-refractivity contribution is 5.92. The van der Waals surface area contributed by atoms with Crippen LogP contribution in [-0.2, 0) is 129 Å². The van der Waals surface area contributed by atoms with Gasteiger partial charge in [0, 0.05) is 211 Å². The largest absolute Gasteiger partial charge is 0.396 e. The number of amides is 4. The number of aliphatic hydroxyl groups excluding tert-OH is 13. The molecule has 1 aromatic rings. The van der Waals surface area contributed by atoms with Crippen LogP contribution in [0, 0.1) is 35.5 Å². The van der Waals surface area contributed by atoms with Gasteiger partial charge in [0.25, 0.3) is 0 Å². The lowest BCUT2D eigenvalue weighted by Crippen LogP contribution is -2.64. The number of methoxy groups -OCH3 is 1. The Morgan fingerprint density at radius 3 is 1.21 bits per heavy atom. The smallest absolute Gasteiger partial charge is 0.220 e. The summed E-state index contributed by atoms with van der Waals surface area (Å²) in [5.41, 5.74) is 1.00. The maximum atomic E-state index is 14.6. The van der Waals surface area contributed by atoms with Crippen molar-refractivity contribution in [1.29, 1.82) is 0 Å².